The number of benzene rings is 8. The van der Waals surface area contributed by atoms with Crippen LogP contribution in [0.3, 0.4) is 0 Å². The third-order valence-corrected chi connectivity index (χ3v) is 7.60. The van der Waals surface area contributed by atoms with Crippen molar-refractivity contribution in [1.29, 1.82) is 0 Å². The van der Waals surface area contributed by atoms with Crippen LogP contribution in [0.25, 0.3) is 54.6 Å². The van der Waals surface area contributed by atoms with Crippen LogP contribution in [-0.2, 0) is 0 Å². The zero-order valence-electron chi connectivity index (χ0n) is 33.8. The van der Waals surface area contributed by atoms with Gasteiger partial charge < -0.3 is 4.90 Å². The van der Waals surface area contributed by atoms with Crippen LogP contribution in [0.5, 0.6) is 0 Å². The van der Waals surface area contributed by atoms with Crippen molar-refractivity contribution in [3.05, 3.63) is 176 Å². The molecule has 0 N–H and O–H groups in total. The molecule has 8 rings (SSSR count). The lowest BCUT2D eigenvalue weighted by atomic mass is 9.97. The van der Waals surface area contributed by atoms with E-state index in [0.29, 0.717) is 16.5 Å². The van der Waals surface area contributed by atoms with Gasteiger partial charge in [-0.25, -0.2) is 0 Å². The zero-order valence-corrected chi connectivity index (χ0v) is 22.8. The van der Waals surface area contributed by atoms with E-state index in [2.05, 4.69) is 0 Å². The minimum Gasteiger partial charge on any atom is -0.310 e. The second-order valence-corrected chi connectivity index (χ2v) is 10.2. The van der Waals surface area contributed by atoms with Gasteiger partial charge in [-0.1, -0.05) is 139 Å². The number of nitrogens with zero attached hydrogens (tertiary/aromatic N) is 1. The van der Waals surface area contributed by atoms with Crippen LogP contribution in [0.2, 0.25) is 0 Å². The summed E-state index contributed by atoms with van der Waals surface area (Å²) >= 11 is 0. The fourth-order valence-corrected chi connectivity index (χ4v) is 5.55. The first kappa shape index (κ1) is 16.1. The Labute approximate surface area is 267 Å². The summed E-state index contributed by atoms with van der Waals surface area (Å²) in [4.78, 5) is 1.32. The lowest BCUT2D eigenvalue weighted by molar-refractivity contribution is 1.30. The largest absolute Gasteiger partial charge is 0.310 e. The molecule has 0 aliphatic carbocycles. The van der Waals surface area contributed by atoms with E-state index in [0.717, 1.165) is 21.7 Å². The van der Waals surface area contributed by atoms with Gasteiger partial charge in [-0.3, -0.25) is 0 Å². The third-order valence-electron chi connectivity index (χ3n) is 7.60. The Balaban J connectivity index is 1.52. The maximum Gasteiger partial charge on any atom is 0.0651 e. The first-order valence-electron chi connectivity index (χ1n) is 19.4. The summed E-state index contributed by atoms with van der Waals surface area (Å²) in [5.74, 6) is 0. The van der Waals surface area contributed by atoms with E-state index in [-0.39, 0.29) is 45.5 Å². The Bertz CT molecular complexity index is 2860. The molecule has 202 valence electrons. The highest BCUT2D eigenvalue weighted by Crippen LogP contribution is 2.42. The molecule has 0 fully saturated rings. The Morgan fingerprint density at radius 3 is 2.12 bits per heavy atom. The Kier molecular flexibility index (Phi) is 3.98. The molecule has 0 aliphatic rings. The van der Waals surface area contributed by atoms with E-state index in [1.165, 1.54) is 4.90 Å². The quantitative estimate of drug-likeness (QED) is 0.203. The van der Waals surface area contributed by atoms with Crippen LogP contribution in [0.15, 0.2) is 176 Å². The van der Waals surface area contributed by atoms with Crippen LogP contribution in [0.4, 0.5) is 17.1 Å². The summed E-state index contributed by atoms with van der Waals surface area (Å²) in [5.41, 5.74) is 1.85. The fourth-order valence-electron chi connectivity index (χ4n) is 5.55. The normalized spacial score (nSPS) is 14.8. The number of rotatable bonds is 5. The Hall–Kier alpha value is -5.66. The first-order chi connectivity index (χ1) is 25.9. The summed E-state index contributed by atoms with van der Waals surface area (Å²) in [6, 6.07) is 27.9. The van der Waals surface area contributed by atoms with Gasteiger partial charge in [-0.15, -0.1) is 0 Å². The predicted octanol–water partition coefficient (Wildman–Crippen LogP) is 11.9. The summed E-state index contributed by atoms with van der Waals surface area (Å²) in [6.07, 6.45) is 0. The second kappa shape index (κ2) is 10.6. The molecule has 0 saturated heterocycles. The summed E-state index contributed by atoms with van der Waals surface area (Å²) < 4.78 is 98.9. The van der Waals surface area contributed by atoms with Crippen molar-refractivity contribution in [2.24, 2.45) is 0 Å². The molecule has 0 atom stereocenters. The molecule has 1 heteroatoms. The molecular weight excluding hydrogens is 518 g/mol. The summed E-state index contributed by atoms with van der Waals surface area (Å²) in [5, 5.41) is 3.04. The number of hydrogen-bond donors (Lipinski definition) is 0. The van der Waals surface area contributed by atoms with Crippen LogP contribution in [-0.4, -0.2) is 0 Å². The molecule has 43 heavy (non-hydrogen) atoms. The van der Waals surface area contributed by atoms with Crippen LogP contribution in [0.1, 0.15) is 15.1 Å². The van der Waals surface area contributed by atoms with Crippen molar-refractivity contribution in [3.8, 4) is 22.3 Å². The standard InChI is InChI=1S/C42H29N/c1-2-14-33-27-35(26-25-30(33)11-1)34-17-7-19-37(28-34)43(42-24-10-16-32-13-4-6-22-41(32)42)38-20-8-18-36(29-38)40-23-9-15-31-12-3-5-21-39(31)40/h1-29H/i4D,6D,8D,10D,13D,16D,18D,20D,22D,24D,29D. The van der Waals surface area contributed by atoms with Crippen molar-refractivity contribution in [1.82, 2.24) is 0 Å². The van der Waals surface area contributed by atoms with Gasteiger partial charge in [0.25, 0.3) is 0 Å². The smallest absolute Gasteiger partial charge is 0.0651 e. The molecule has 0 heterocycles. The number of anilines is 3. The van der Waals surface area contributed by atoms with Gasteiger partial charge in [0.1, 0.15) is 0 Å². The maximum atomic E-state index is 9.76. The highest BCUT2D eigenvalue weighted by molar-refractivity contribution is 6.01. The summed E-state index contributed by atoms with van der Waals surface area (Å²) in [7, 11) is 0. The molecule has 8 aromatic rings. The van der Waals surface area contributed by atoms with Gasteiger partial charge in [0.2, 0.25) is 0 Å². The van der Waals surface area contributed by atoms with Crippen molar-refractivity contribution >= 4 is 49.4 Å². The van der Waals surface area contributed by atoms with Crippen LogP contribution >= 0.6 is 0 Å². The number of fused-ring (bicyclic) bond motifs is 3. The van der Waals surface area contributed by atoms with Crippen molar-refractivity contribution in [3.63, 3.8) is 0 Å². The second-order valence-electron chi connectivity index (χ2n) is 10.2. The topological polar surface area (TPSA) is 3.24 Å². The fraction of sp³-hybridized carbons (Fsp3) is 0. The molecule has 0 spiro atoms. The van der Waals surface area contributed by atoms with Gasteiger partial charge in [0.15, 0.2) is 0 Å². The van der Waals surface area contributed by atoms with Crippen LogP contribution < -0.4 is 4.90 Å². The number of hydrogen-bond acceptors (Lipinski definition) is 1. The minimum atomic E-state index is -0.619. The zero-order chi connectivity index (χ0) is 38.2. The molecule has 0 saturated carbocycles. The summed E-state index contributed by atoms with van der Waals surface area (Å²) in [6.45, 7) is 0. The van der Waals surface area contributed by atoms with E-state index in [1.54, 1.807) is 30.3 Å². The van der Waals surface area contributed by atoms with Crippen LogP contribution in [0, 0.1) is 0 Å². The maximum absolute atomic E-state index is 9.76. The minimum absolute atomic E-state index is 0.0550. The van der Waals surface area contributed by atoms with Crippen molar-refractivity contribution in [2.45, 2.75) is 0 Å². The third kappa shape index (κ3) is 4.62. The molecule has 1 nitrogen and oxygen atoms in total. The highest BCUT2D eigenvalue weighted by Gasteiger charge is 2.17. The van der Waals surface area contributed by atoms with Gasteiger partial charge in [-0.2, -0.15) is 0 Å². The lowest BCUT2D eigenvalue weighted by Crippen LogP contribution is -2.10. The van der Waals surface area contributed by atoms with E-state index in [1.807, 2.05) is 78.9 Å². The average molecular weight is 559 g/mol. The monoisotopic (exact) mass is 558 g/mol. The molecule has 0 aromatic heterocycles. The Morgan fingerprint density at radius 1 is 0.419 bits per heavy atom. The lowest BCUT2D eigenvalue weighted by Gasteiger charge is -2.28. The van der Waals surface area contributed by atoms with Gasteiger partial charge in [-0.05, 0) is 85.5 Å². The first-order valence-corrected chi connectivity index (χ1v) is 13.9. The highest BCUT2D eigenvalue weighted by atomic mass is 15.1. The molecule has 0 bridgehead atoms. The predicted molar refractivity (Wildman–Crippen MR) is 185 cm³/mol. The van der Waals surface area contributed by atoms with E-state index in [4.69, 9.17) is 11.0 Å². The average Bonchev–Trinajstić information content (AvgIpc) is 3.19. The van der Waals surface area contributed by atoms with E-state index >= 15 is 0 Å². The molecule has 0 aliphatic heterocycles. The van der Waals surface area contributed by atoms with Gasteiger partial charge in [0.05, 0.1) is 20.8 Å². The SMILES string of the molecule is [2H]c1c([2H])c(-c2cccc3ccccc23)c([2H])c(N(c2cccc(-c3ccc4ccccc4c3)c2)c2c([2H])c([2H])c([2H])c3c([2H])c([2H])c([2H])c([2H])c23)c1[2H]. The van der Waals surface area contributed by atoms with Crippen molar-refractivity contribution in [2.75, 3.05) is 4.90 Å². The molecule has 0 unspecified atom stereocenters. The molecule has 8 aromatic carbocycles. The van der Waals surface area contributed by atoms with Gasteiger partial charge >= 0.3 is 0 Å². The molecule has 0 radical (unpaired) electrons. The van der Waals surface area contributed by atoms with Gasteiger partial charge in [0, 0.05) is 16.8 Å². The van der Waals surface area contributed by atoms with E-state index in [9.17, 15) is 4.11 Å². The molecule has 0 amide bonds. The Morgan fingerprint density at radius 2 is 1.16 bits per heavy atom. The van der Waals surface area contributed by atoms with E-state index < -0.39 is 54.4 Å². The van der Waals surface area contributed by atoms with Crippen molar-refractivity contribution < 1.29 is 15.1 Å². The molecular formula is C42H29N.